The predicted octanol–water partition coefficient (Wildman–Crippen LogP) is 3.00. The summed E-state index contributed by atoms with van der Waals surface area (Å²) >= 11 is 3.16. The molecule has 0 N–H and O–H groups in total. The van der Waals surface area contributed by atoms with Gasteiger partial charge in [0.15, 0.2) is 17.3 Å². The van der Waals surface area contributed by atoms with Gasteiger partial charge in [0, 0.05) is 4.47 Å². The zero-order valence-electron chi connectivity index (χ0n) is 7.43. The lowest BCUT2D eigenvalue weighted by Crippen LogP contribution is -1.98. The minimum atomic E-state index is -0.423. The van der Waals surface area contributed by atoms with Crippen LogP contribution in [0.3, 0.4) is 0 Å². The lowest BCUT2D eigenvalue weighted by Gasteiger charge is -2.10. The molecule has 0 aromatic heterocycles. The van der Waals surface area contributed by atoms with Crippen molar-refractivity contribution >= 4 is 15.9 Å². The summed E-state index contributed by atoms with van der Waals surface area (Å²) < 4.78 is 23.9. The van der Waals surface area contributed by atoms with Crippen LogP contribution in [-0.4, -0.2) is 13.7 Å². The molecular formula is C9H10BrFO2. The number of ether oxygens (including phenoxy) is 2. The summed E-state index contributed by atoms with van der Waals surface area (Å²) in [6, 6.07) is 3.00. The Kier molecular flexibility index (Phi) is 3.54. The maximum absolute atomic E-state index is 13.2. The summed E-state index contributed by atoms with van der Waals surface area (Å²) in [4.78, 5) is 0. The molecule has 0 aliphatic rings. The third kappa shape index (κ3) is 2.34. The molecule has 0 spiro atoms. The Labute approximate surface area is 84.8 Å². The molecule has 4 heteroatoms. The van der Waals surface area contributed by atoms with E-state index in [0.29, 0.717) is 16.8 Å². The Morgan fingerprint density at radius 2 is 2.15 bits per heavy atom. The molecule has 0 aliphatic carbocycles. The van der Waals surface area contributed by atoms with Crippen LogP contribution in [0.5, 0.6) is 11.5 Å². The molecule has 0 radical (unpaired) electrons. The van der Waals surface area contributed by atoms with Crippen LogP contribution in [0.2, 0.25) is 0 Å². The first-order valence-corrected chi connectivity index (χ1v) is 4.64. The fourth-order valence-electron chi connectivity index (χ4n) is 0.973. The molecule has 1 aromatic rings. The van der Waals surface area contributed by atoms with Crippen molar-refractivity contribution in [2.45, 2.75) is 6.92 Å². The molecule has 0 saturated heterocycles. The number of methoxy groups -OCH3 is 1. The van der Waals surface area contributed by atoms with Crippen molar-refractivity contribution in [3.05, 3.63) is 22.4 Å². The number of halogens is 2. The standard InChI is InChI=1S/C9H10BrFO2/c1-3-13-9-7(11)4-6(10)5-8(9)12-2/h4-5H,3H2,1-2H3. The molecule has 72 valence electrons. The molecular weight excluding hydrogens is 239 g/mol. The maximum atomic E-state index is 13.2. The molecule has 1 rings (SSSR count). The van der Waals surface area contributed by atoms with Gasteiger partial charge in [-0.15, -0.1) is 0 Å². The zero-order chi connectivity index (χ0) is 9.84. The summed E-state index contributed by atoms with van der Waals surface area (Å²) in [6.45, 7) is 2.20. The number of hydrogen-bond acceptors (Lipinski definition) is 2. The van der Waals surface area contributed by atoms with Gasteiger partial charge >= 0.3 is 0 Å². The van der Waals surface area contributed by atoms with E-state index in [1.807, 2.05) is 0 Å². The van der Waals surface area contributed by atoms with Gasteiger partial charge in [-0.05, 0) is 19.1 Å². The van der Waals surface area contributed by atoms with Gasteiger partial charge in [0.25, 0.3) is 0 Å². The molecule has 0 aliphatic heterocycles. The van der Waals surface area contributed by atoms with Crippen molar-refractivity contribution in [3.8, 4) is 11.5 Å². The van der Waals surface area contributed by atoms with Gasteiger partial charge in [-0.1, -0.05) is 15.9 Å². The van der Waals surface area contributed by atoms with Crippen LogP contribution in [0, 0.1) is 5.82 Å². The van der Waals surface area contributed by atoms with Gasteiger partial charge in [-0.25, -0.2) is 4.39 Å². The summed E-state index contributed by atoms with van der Waals surface area (Å²) in [5, 5.41) is 0. The average molecular weight is 249 g/mol. The highest BCUT2D eigenvalue weighted by atomic mass is 79.9. The Hall–Kier alpha value is -0.770. The first kappa shape index (κ1) is 10.3. The predicted molar refractivity (Wildman–Crippen MR) is 51.8 cm³/mol. The van der Waals surface area contributed by atoms with E-state index in [1.54, 1.807) is 13.0 Å². The van der Waals surface area contributed by atoms with Gasteiger partial charge in [-0.2, -0.15) is 0 Å². The van der Waals surface area contributed by atoms with Crippen molar-refractivity contribution in [1.82, 2.24) is 0 Å². The molecule has 0 fully saturated rings. The minimum Gasteiger partial charge on any atom is -0.493 e. The molecule has 0 unspecified atom stereocenters. The summed E-state index contributed by atoms with van der Waals surface area (Å²) in [7, 11) is 1.48. The van der Waals surface area contributed by atoms with Gasteiger partial charge in [0.2, 0.25) is 0 Å². The van der Waals surface area contributed by atoms with Gasteiger partial charge in [-0.3, -0.25) is 0 Å². The summed E-state index contributed by atoms with van der Waals surface area (Å²) in [5.41, 5.74) is 0. The minimum absolute atomic E-state index is 0.160. The Bertz CT molecular complexity index is 302. The molecule has 13 heavy (non-hydrogen) atoms. The highest BCUT2D eigenvalue weighted by Crippen LogP contribution is 2.33. The van der Waals surface area contributed by atoms with E-state index >= 15 is 0 Å². The molecule has 0 bridgehead atoms. The lowest BCUT2D eigenvalue weighted by atomic mass is 10.3. The number of benzene rings is 1. The van der Waals surface area contributed by atoms with E-state index < -0.39 is 5.82 Å². The van der Waals surface area contributed by atoms with E-state index in [2.05, 4.69) is 15.9 Å². The molecule has 0 saturated carbocycles. The largest absolute Gasteiger partial charge is 0.493 e. The van der Waals surface area contributed by atoms with Crippen LogP contribution in [0.15, 0.2) is 16.6 Å². The van der Waals surface area contributed by atoms with Crippen LogP contribution in [0.1, 0.15) is 6.92 Å². The van der Waals surface area contributed by atoms with Gasteiger partial charge in [0.05, 0.1) is 13.7 Å². The van der Waals surface area contributed by atoms with Crippen molar-refractivity contribution in [3.63, 3.8) is 0 Å². The molecule has 0 atom stereocenters. The molecule has 0 amide bonds. The normalized spacial score (nSPS) is 9.85. The fraction of sp³-hybridized carbons (Fsp3) is 0.333. The zero-order valence-corrected chi connectivity index (χ0v) is 9.02. The number of hydrogen-bond donors (Lipinski definition) is 0. The molecule has 0 heterocycles. The van der Waals surface area contributed by atoms with Crippen LogP contribution in [0.4, 0.5) is 4.39 Å². The van der Waals surface area contributed by atoms with Crippen molar-refractivity contribution in [2.75, 3.05) is 13.7 Å². The summed E-state index contributed by atoms with van der Waals surface area (Å²) in [6.07, 6.45) is 0. The second kappa shape index (κ2) is 4.46. The van der Waals surface area contributed by atoms with E-state index in [1.165, 1.54) is 13.2 Å². The van der Waals surface area contributed by atoms with Crippen LogP contribution in [0.25, 0.3) is 0 Å². The van der Waals surface area contributed by atoms with Gasteiger partial charge in [0.1, 0.15) is 0 Å². The molecule has 2 nitrogen and oxygen atoms in total. The Balaban J connectivity index is 3.13. The van der Waals surface area contributed by atoms with Crippen LogP contribution >= 0.6 is 15.9 Å². The smallest absolute Gasteiger partial charge is 0.197 e. The quantitative estimate of drug-likeness (QED) is 0.819. The first-order chi connectivity index (χ1) is 6.19. The van der Waals surface area contributed by atoms with E-state index in [0.717, 1.165) is 0 Å². The van der Waals surface area contributed by atoms with Crippen molar-refractivity contribution in [2.24, 2.45) is 0 Å². The second-order valence-corrected chi connectivity index (χ2v) is 3.27. The highest BCUT2D eigenvalue weighted by Gasteiger charge is 2.11. The maximum Gasteiger partial charge on any atom is 0.197 e. The van der Waals surface area contributed by atoms with Crippen LogP contribution < -0.4 is 9.47 Å². The van der Waals surface area contributed by atoms with E-state index in [-0.39, 0.29) is 5.75 Å². The highest BCUT2D eigenvalue weighted by molar-refractivity contribution is 9.10. The average Bonchev–Trinajstić information content (AvgIpc) is 2.09. The fourth-order valence-corrected chi connectivity index (χ4v) is 1.38. The molecule has 1 aromatic carbocycles. The van der Waals surface area contributed by atoms with E-state index in [9.17, 15) is 4.39 Å². The third-order valence-electron chi connectivity index (χ3n) is 1.48. The van der Waals surface area contributed by atoms with Crippen LogP contribution in [-0.2, 0) is 0 Å². The SMILES string of the molecule is CCOc1c(F)cc(Br)cc1OC. The first-order valence-electron chi connectivity index (χ1n) is 3.84. The third-order valence-corrected chi connectivity index (χ3v) is 1.94. The van der Waals surface area contributed by atoms with Gasteiger partial charge < -0.3 is 9.47 Å². The lowest BCUT2D eigenvalue weighted by molar-refractivity contribution is 0.294. The Morgan fingerprint density at radius 3 is 2.69 bits per heavy atom. The monoisotopic (exact) mass is 248 g/mol. The summed E-state index contributed by atoms with van der Waals surface area (Å²) in [5.74, 6) is 0.134. The Morgan fingerprint density at radius 1 is 1.46 bits per heavy atom. The van der Waals surface area contributed by atoms with Crippen molar-refractivity contribution in [1.29, 1.82) is 0 Å². The van der Waals surface area contributed by atoms with Crippen molar-refractivity contribution < 1.29 is 13.9 Å². The second-order valence-electron chi connectivity index (χ2n) is 2.35. The number of rotatable bonds is 3. The van der Waals surface area contributed by atoms with E-state index in [4.69, 9.17) is 9.47 Å². The topological polar surface area (TPSA) is 18.5 Å².